The summed E-state index contributed by atoms with van der Waals surface area (Å²) in [5.74, 6) is 0.212. The van der Waals surface area contributed by atoms with Crippen LogP contribution < -0.4 is 51.4 Å². The molecule has 0 unspecified atom stereocenters. The van der Waals surface area contributed by atoms with Gasteiger partial charge in [0.2, 0.25) is 0 Å². The van der Waals surface area contributed by atoms with E-state index in [1.165, 1.54) is 12.1 Å². The molecule has 0 aliphatic rings. The third-order valence-corrected chi connectivity index (χ3v) is 5.75. The van der Waals surface area contributed by atoms with E-state index in [0.717, 1.165) is 34.3 Å². The van der Waals surface area contributed by atoms with E-state index in [9.17, 15) is 9.13 Å². The fourth-order valence-electron chi connectivity index (χ4n) is 1.01. The van der Waals surface area contributed by atoms with E-state index in [1.54, 1.807) is 0 Å². The van der Waals surface area contributed by atoms with Gasteiger partial charge in [0.1, 0.15) is 0 Å². The van der Waals surface area contributed by atoms with Crippen molar-refractivity contribution in [2.24, 2.45) is 0 Å². The molecule has 0 aromatic rings. The summed E-state index contributed by atoms with van der Waals surface area (Å²) in [6.07, 6.45) is 0. The molecule has 0 aliphatic carbocycles. The molecule has 0 N–H and O–H groups in total. The number of nitriles is 2. The number of hydrogen-bond donors (Lipinski definition) is 0. The first-order chi connectivity index (χ1) is 8.86. The van der Waals surface area contributed by atoms with Gasteiger partial charge in [-0.05, 0) is 5.92 Å². The van der Waals surface area contributed by atoms with Gasteiger partial charge in [0.05, 0.1) is 0 Å². The standard InChI is InChI=1S/C9H13N2O6P2.K/c1-14-18(12,15-2)7-9(8(5-10)6-11)19(13,16-3)17-4;/h7H,1-4H3;/q-1;+1/b9-7+;. The molecule has 8 nitrogen and oxygen atoms in total. The van der Waals surface area contributed by atoms with Gasteiger partial charge in [-0.1, -0.05) is 5.31 Å². The molecule has 0 amide bonds. The Morgan fingerprint density at radius 3 is 1.65 bits per heavy atom. The number of rotatable bonds is 7. The number of nitrogens with zero attached hydrogens (tertiary/aromatic N) is 2. The van der Waals surface area contributed by atoms with Gasteiger partial charge in [-0.3, -0.25) is 9.13 Å². The first kappa shape index (κ1) is 22.8. The van der Waals surface area contributed by atoms with Crippen molar-refractivity contribution >= 4 is 15.2 Å². The summed E-state index contributed by atoms with van der Waals surface area (Å²) in [4.78, 5) is 0. The predicted molar refractivity (Wildman–Crippen MR) is 65.8 cm³/mol. The van der Waals surface area contributed by atoms with E-state index in [1.807, 2.05) is 0 Å². The van der Waals surface area contributed by atoms with Crippen LogP contribution in [-0.2, 0) is 27.2 Å². The van der Waals surface area contributed by atoms with Crippen LogP contribution in [0.1, 0.15) is 0 Å². The van der Waals surface area contributed by atoms with Crippen LogP contribution in [0.15, 0.2) is 11.1 Å². The second-order valence-electron chi connectivity index (χ2n) is 2.88. The Morgan fingerprint density at radius 1 is 1.00 bits per heavy atom. The molecule has 0 fully saturated rings. The Hall–Kier alpha value is 0.526. The first-order valence-electron chi connectivity index (χ1n) is 4.70. The van der Waals surface area contributed by atoms with Gasteiger partial charge < -0.3 is 18.1 Å². The third-order valence-electron chi connectivity index (χ3n) is 2.04. The van der Waals surface area contributed by atoms with E-state index in [0.29, 0.717) is 0 Å². The average molecular weight is 346 g/mol. The van der Waals surface area contributed by atoms with Crippen LogP contribution in [0.5, 0.6) is 0 Å². The Bertz CT molecular complexity index is 494. The minimum absolute atomic E-state index is 0. The molecule has 0 bridgehead atoms. The van der Waals surface area contributed by atoms with Crippen LogP contribution in [0, 0.1) is 28.6 Å². The van der Waals surface area contributed by atoms with Crippen molar-refractivity contribution in [2.75, 3.05) is 28.4 Å². The largest absolute Gasteiger partial charge is 1.00 e. The van der Waals surface area contributed by atoms with Gasteiger partial charge in [0.25, 0.3) is 7.60 Å². The molecule has 11 heteroatoms. The summed E-state index contributed by atoms with van der Waals surface area (Å²) in [5, 5.41) is 17.2. The average Bonchev–Trinajstić information content (AvgIpc) is 2.46. The van der Waals surface area contributed by atoms with E-state index in [4.69, 9.17) is 10.5 Å². The minimum Gasteiger partial charge on any atom is -0.321 e. The van der Waals surface area contributed by atoms with Crippen molar-refractivity contribution in [2.45, 2.75) is 0 Å². The van der Waals surface area contributed by atoms with Crippen LogP contribution in [0.4, 0.5) is 0 Å². The summed E-state index contributed by atoms with van der Waals surface area (Å²) >= 11 is 0. The van der Waals surface area contributed by atoms with Gasteiger partial charge in [0.15, 0.2) is 0 Å². The van der Waals surface area contributed by atoms with Crippen molar-refractivity contribution in [3.05, 3.63) is 17.0 Å². The fourth-order valence-corrected chi connectivity index (χ4v) is 3.71. The van der Waals surface area contributed by atoms with E-state index in [-0.39, 0.29) is 51.4 Å². The second-order valence-corrected chi connectivity index (χ2v) is 7.16. The molecular weight excluding hydrogens is 333 g/mol. The van der Waals surface area contributed by atoms with Crippen LogP contribution >= 0.6 is 15.2 Å². The Labute approximate surface area is 160 Å². The van der Waals surface area contributed by atoms with Crippen molar-refractivity contribution in [3.63, 3.8) is 0 Å². The summed E-state index contributed by atoms with van der Waals surface area (Å²) in [5.41, 5.74) is 0. The van der Waals surface area contributed by atoms with Crippen LogP contribution in [-0.4, -0.2) is 28.4 Å². The van der Waals surface area contributed by atoms with Crippen molar-refractivity contribution < 1.29 is 78.6 Å². The molecule has 0 saturated heterocycles. The minimum atomic E-state index is -3.96. The zero-order chi connectivity index (χ0) is 15.1. The molecule has 0 aromatic carbocycles. The van der Waals surface area contributed by atoms with Crippen LogP contribution in [0.25, 0.3) is 0 Å². The summed E-state index contributed by atoms with van der Waals surface area (Å²) in [6.45, 7) is 0. The smallest absolute Gasteiger partial charge is 0.321 e. The van der Waals surface area contributed by atoms with Gasteiger partial charge in [0, 0.05) is 40.6 Å². The SMILES string of the molecule is COP(=O)(/C=C(\[C-](C#N)C#N)P(=O)(OC)OC)OC.[K+]. The molecule has 0 aromatic heterocycles. The van der Waals surface area contributed by atoms with E-state index in [2.05, 4.69) is 18.1 Å². The van der Waals surface area contributed by atoms with E-state index < -0.39 is 26.4 Å². The van der Waals surface area contributed by atoms with Crippen LogP contribution in [0.3, 0.4) is 0 Å². The van der Waals surface area contributed by atoms with Gasteiger partial charge >= 0.3 is 59.0 Å². The summed E-state index contributed by atoms with van der Waals surface area (Å²) < 4.78 is 42.9. The summed E-state index contributed by atoms with van der Waals surface area (Å²) in [6, 6.07) is 3.04. The van der Waals surface area contributed by atoms with Crippen LogP contribution in [0.2, 0.25) is 0 Å². The maximum Gasteiger partial charge on any atom is 1.00 e. The molecule has 0 saturated carbocycles. The monoisotopic (exact) mass is 346 g/mol. The molecule has 0 rings (SSSR count). The maximum absolute atomic E-state index is 12.3. The molecule has 0 aliphatic heterocycles. The Kier molecular flexibility index (Phi) is 11.7. The number of hydrogen-bond acceptors (Lipinski definition) is 8. The second kappa shape index (κ2) is 10.3. The normalized spacial score (nSPS) is 12.0. The molecule has 20 heavy (non-hydrogen) atoms. The molecule has 0 spiro atoms. The predicted octanol–water partition coefficient (Wildman–Crippen LogP) is -0.575. The zero-order valence-electron chi connectivity index (χ0n) is 11.8. The maximum atomic E-state index is 12.3. The Morgan fingerprint density at radius 2 is 1.40 bits per heavy atom. The third kappa shape index (κ3) is 5.73. The van der Waals surface area contributed by atoms with Gasteiger partial charge in [-0.15, -0.1) is 5.82 Å². The quantitative estimate of drug-likeness (QED) is 0.341. The van der Waals surface area contributed by atoms with Crippen molar-refractivity contribution in [1.29, 1.82) is 10.5 Å². The zero-order valence-corrected chi connectivity index (χ0v) is 16.7. The first-order valence-corrected chi connectivity index (χ1v) is 7.85. The van der Waals surface area contributed by atoms with Crippen molar-refractivity contribution in [1.82, 2.24) is 0 Å². The summed E-state index contributed by atoms with van der Waals surface area (Å²) in [7, 11) is -3.39. The fraction of sp³-hybridized carbons (Fsp3) is 0.444. The molecular formula is C9H13KN2O6P2. The van der Waals surface area contributed by atoms with E-state index >= 15 is 0 Å². The molecule has 0 radical (unpaired) electrons. The molecule has 106 valence electrons. The van der Waals surface area contributed by atoms with Gasteiger partial charge in [-0.2, -0.15) is 0 Å². The molecule has 0 atom stereocenters. The van der Waals surface area contributed by atoms with Gasteiger partial charge in [-0.25, -0.2) is 10.5 Å². The van der Waals surface area contributed by atoms with Crippen molar-refractivity contribution in [3.8, 4) is 12.1 Å². The topological polar surface area (TPSA) is 119 Å². The Balaban J connectivity index is 0. The molecule has 0 heterocycles. The number of allylic oxidation sites excluding steroid dienone is 1.